The van der Waals surface area contributed by atoms with Crippen LogP contribution in [0.15, 0.2) is 28.1 Å². The molecule has 1 nitrogen and oxygen atoms in total. The van der Waals surface area contributed by atoms with Crippen LogP contribution in [0, 0.1) is 0 Å². The van der Waals surface area contributed by atoms with Crippen molar-refractivity contribution in [3.8, 4) is 0 Å². The van der Waals surface area contributed by atoms with Crippen molar-refractivity contribution in [3.63, 3.8) is 0 Å². The maximum absolute atomic E-state index is 4.05. The van der Waals surface area contributed by atoms with Crippen LogP contribution in [0.5, 0.6) is 0 Å². The molecule has 0 aliphatic heterocycles. The van der Waals surface area contributed by atoms with Crippen molar-refractivity contribution in [2.24, 2.45) is 0 Å². The van der Waals surface area contributed by atoms with E-state index < -0.39 is 0 Å². The van der Waals surface area contributed by atoms with Crippen molar-refractivity contribution in [3.05, 3.63) is 32.9 Å². The quantitative estimate of drug-likeness (QED) is 0.796. The third kappa shape index (κ3) is 2.94. The van der Waals surface area contributed by atoms with Gasteiger partial charge in [-0.25, -0.2) is 0 Å². The minimum atomic E-state index is 0.400. The fraction of sp³-hybridized carbons (Fsp3) is 0.455. The minimum absolute atomic E-state index is 0.400. The normalized spacial score (nSPS) is 12.8. The lowest BCUT2D eigenvalue weighted by Gasteiger charge is -2.16. The lowest BCUT2D eigenvalue weighted by atomic mass is 10.0. The summed E-state index contributed by atoms with van der Waals surface area (Å²) in [4.78, 5) is 1.36. The number of nitrogens with one attached hydrogen (secondary N) is 1. The number of thiophene rings is 1. The Bertz CT molecular complexity index is 306. The molecule has 0 fully saturated rings. The monoisotopic (exact) mass is 273 g/mol. The molecule has 1 N–H and O–H groups in total. The van der Waals surface area contributed by atoms with E-state index in [1.165, 1.54) is 14.9 Å². The first kappa shape index (κ1) is 12.0. The van der Waals surface area contributed by atoms with Gasteiger partial charge in [-0.3, -0.25) is 0 Å². The topological polar surface area (TPSA) is 12.0 Å². The number of hydrogen-bond acceptors (Lipinski definition) is 2. The molecular weight excluding hydrogens is 258 g/mol. The maximum Gasteiger partial charge on any atom is 0.0461 e. The lowest BCUT2D eigenvalue weighted by molar-refractivity contribution is 0.590. The molecule has 1 unspecified atom stereocenters. The summed E-state index contributed by atoms with van der Waals surface area (Å²) in [6.45, 7) is 6.20. The van der Waals surface area contributed by atoms with Crippen molar-refractivity contribution in [1.29, 1.82) is 0 Å². The Morgan fingerprint density at radius 3 is 2.86 bits per heavy atom. The zero-order valence-corrected chi connectivity index (χ0v) is 11.0. The van der Waals surface area contributed by atoms with Crippen molar-refractivity contribution in [2.45, 2.75) is 25.8 Å². The molecule has 0 aliphatic rings. The van der Waals surface area contributed by atoms with Crippen molar-refractivity contribution in [2.75, 3.05) is 7.05 Å². The van der Waals surface area contributed by atoms with Gasteiger partial charge in [-0.2, -0.15) is 0 Å². The standard InChI is InChI=1S/C11H16BrNS/c1-4-8(2)7-10(13-3)11-9(12)5-6-14-11/h5-6,10,13H,2,4,7H2,1,3H3. The van der Waals surface area contributed by atoms with Gasteiger partial charge in [0.2, 0.25) is 0 Å². The zero-order valence-electron chi connectivity index (χ0n) is 8.64. The maximum atomic E-state index is 4.05. The molecule has 0 radical (unpaired) electrons. The highest BCUT2D eigenvalue weighted by Gasteiger charge is 2.14. The smallest absolute Gasteiger partial charge is 0.0461 e. The number of rotatable bonds is 5. The van der Waals surface area contributed by atoms with E-state index in [4.69, 9.17) is 0 Å². The molecule has 1 rings (SSSR count). The van der Waals surface area contributed by atoms with Crippen LogP contribution in [0.3, 0.4) is 0 Å². The fourth-order valence-electron chi connectivity index (χ4n) is 1.31. The second-order valence-corrected chi connectivity index (χ2v) is 5.08. The third-order valence-electron chi connectivity index (χ3n) is 2.30. The minimum Gasteiger partial charge on any atom is -0.312 e. The van der Waals surface area contributed by atoms with Crippen molar-refractivity contribution in [1.82, 2.24) is 5.32 Å². The first-order chi connectivity index (χ1) is 6.69. The summed E-state index contributed by atoms with van der Waals surface area (Å²) in [5.74, 6) is 0. The third-order valence-corrected chi connectivity index (χ3v) is 4.29. The molecule has 0 amide bonds. The van der Waals surface area contributed by atoms with Gasteiger partial charge < -0.3 is 5.32 Å². The average molecular weight is 274 g/mol. The Balaban J connectivity index is 2.72. The summed E-state index contributed by atoms with van der Waals surface area (Å²) in [5.41, 5.74) is 1.30. The summed E-state index contributed by atoms with van der Waals surface area (Å²) in [7, 11) is 2.00. The van der Waals surface area contributed by atoms with Gasteiger partial charge >= 0.3 is 0 Å². The lowest BCUT2D eigenvalue weighted by Crippen LogP contribution is -2.15. The second kappa shape index (κ2) is 5.69. The predicted molar refractivity (Wildman–Crippen MR) is 67.9 cm³/mol. The largest absolute Gasteiger partial charge is 0.312 e. The van der Waals surface area contributed by atoms with E-state index in [9.17, 15) is 0 Å². The molecule has 1 atom stereocenters. The van der Waals surface area contributed by atoms with E-state index in [-0.39, 0.29) is 0 Å². The molecular formula is C11H16BrNS. The summed E-state index contributed by atoms with van der Waals surface area (Å²) in [6, 6.07) is 2.50. The predicted octanol–water partition coefficient (Wildman–Crippen LogP) is 4.13. The molecule has 1 heterocycles. The molecule has 0 aliphatic carbocycles. The molecule has 0 saturated carbocycles. The molecule has 0 bridgehead atoms. The highest BCUT2D eigenvalue weighted by molar-refractivity contribution is 9.10. The van der Waals surface area contributed by atoms with Crippen LogP contribution in [0.2, 0.25) is 0 Å². The van der Waals surface area contributed by atoms with Gasteiger partial charge in [-0.1, -0.05) is 19.1 Å². The number of hydrogen-bond donors (Lipinski definition) is 1. The fourth-order valence-corrected chi connectivity index (χ4v) is 3.07. The molecule has 1 aromatic rings. The van der Waals surface area contributed by atoms with Gasteiger partial charge in [0.1, 0.15) is 0 Å². The molecule has 0 saturated heterocycles. The molecule has 78 valence electrons. The van der Waals surface area contributed by atoms with Crippen LogP contribution < -0.4 is 5.32 Å². The van der Waals surface area contributed by atoms with Crippen LogP contribution in [-0.2, 0) is 0 Å². The Labute approximate surface area is 98.4 Å². The SMILES string of the molecule is C=C(CC)CC(NC)c1sccc1Br. The van der Waals surface area contributed by atoms with Gasteiger partial charge in [0.25, 0.3) is 0 Å². The Hall–Kier alpha value is -0.120. The van der Waals surface area contributed by atoms with E-state index in [0.29, 0.717) is 6.04 Å². The molecule has 14 heavy (non-hydrogen) atoms. The molecule has 1 aromatic heterocycles. The molecule has 3 heteroatoms. The van der Waals surface area contributed by atoms with E-state index in [1.807, 2.05) is 7.05 Å². The Morgan fingerprint density at radius 1 is 1.71 bits per heavy atom. The Morgan fingerprint density at radius 2 is 2.43 bits per heavy atom. The average Bonchev–Trinajstić information content (AvgIpc) is 2.60. The highest BCUT2D eigenvalue weighted by atomic mass is 79.9. The summed E-state index contributed by atoms with van der Waals surface area (Å²) in [5, 5.41) is 5.44. The van der Waals surface area contributed by atoms with Gasteiger partial charge in [-0.15, -0.1) is 11.3 Å². The Kier molecular flexibility index (Phi) is 4.85. The van der Waals surface area contributed by atoms with Crippen LogP contribution >= 0.6 is 27.3 Å². The van der Waals surface area contributed by atoms with Crippen LogP contribution in [0.4, 0.5) is 0 Å². The van der Waals surface area contributed by atoms with Gasteiger partial charge in [0.05, 0.1) is 0 Å². The van der Waals surface area contributed by atoms with Gasteiger partial charge in [0.15, 0.2) is 0 Å². The van der Waals surface area contributed by atoms with Crippen LogP contribution in [-0.4, -0.2) is 7.05 Å². The molecule has 0 aromatic carbocycles. The summed E-state index contributed by atoms with van der Waals surface area (Å²) < 4.78 is 1.20. The van der Waals surface area contributed by atoms with E-state index in [1.54, 1.807) is 11.3 Å². The summed E-state index contributed by atoms with van der Waals surface area (Å²) in [6.07, 6.45) is 2.08. The first-order valence-corrected chi connectivity index (χ1v) is 6.43. The zero-order chi connectivity index (χ0) is 10.6. The second-order valence-electron chi connectivity index (χ2n) is 3.28. The van der Waals surface area contributed by atoms with Gasteiger partial charge in [0, 0.05) is 15.4 Å². The van der Waals surface area contributed by atoms with Crippen molar-refractivity contribution < 1.29 is 0 Å². The van der Waals surface area contributed by atoms with E-state index >= 15 is 0 Å². The first-order valence-electron chi connectivity index (χ1n) is 4.75. The van der Waals surface area contributed by atoms with Crippen LogP contribution in [0.25, 0.3) is 0 Å². The summed E-state index contributed by atoms with van der Waals surface area (Å²) >= 11 is 5.34. The van der Waals surface area contributed by atoms with E-state index in [0.717, 1.165) is 12.8 Å². The van der Waals surface area contributed by atoms with Gasteiger partial charge in [-0.05, 0) is 47.3 Å². The van der Waals surface area contributed by atoms with Crippen LogP contribution in [0.1, 0.15) is 30.7 Å². The number of halogens is 1. The highest BCUT2D eigenvalue weighted by Crippen LogP contribution is 2.32. The van der Waals surface area contributed by atoms with E-state index in [2.05, 4.69) is 46.2 Å². The van der Waals surface area contributed by atoms with Crippen molar-refractivity contribution >= 4 is 27.3 Å². The molecule has 0 spiro atoms.